The number of hydrogen-bond acceptors (Lipinski definition) is 11. The molecule has 1 aliphatic heterocycles. The molecule has 416 valence electrons. The molecule has 0 spiro atoms. The molecule has 3 N–H and O–H groups in total. The van der Waals surface area contributed by atoms with Crippen molar-refractivity contribution in [2.24, 2.45) is 0 Å². The summed E-state index contributed by atoms with van der Waals surface area (Å²) in [6.07, 6.45) is 49.8. The number of carboxylic acids is 1. The molecular formula is C61H100O12. The Hall–Kier alpha value is -4.10. The maximum absolute atomic E-state index is 13.1. The summed E-state index contributed by atoms with van der Waals surface area (Å²) < 4.78 is 28.3. The monoisotopic (exact) mass is 1020 g/mol. The van der Waals surface area contributed by atoms with Crippen LogP contribution in [0.3, 0.4) is 0 Å². The molecule has 12 heteroatoms. The number of carboxylic acid groups (broad SMARTS) is 1. The Labute approximate surface area is 441 Å². The lowest BCUT2D eigenvalue weighted by molar-refractivity contribution is -0.301. The number of aliphatic hydroxyl groups excluding tert-OH is 2. The summed E-state index contributed by atoms with van der Waals surface area (Å²) >= 11 is 0. The van der Waals surface area contributed by atoms with Gasteiger partial charge in [-0.15, -0.1) is 0 Å². The maximum atomic E-state index is 13.1. The predicted molar refractivity (Wildman–Crippen MR) is 294 cm³/mol. The molecule has 0 aromatic heterocycles. The Bertz CT molecular complexity index is 1590. The van der Waals surface area contributed by atoms with E-state index < -0.39 is 67.3 Å². The van der Waals surface area contributed by atoms with Crippen molar-refractivity contribution in [1.29, 1.82) is 0 Å². The average Bonchev–Trinajstić information content (AvgIpc) is 3.37. The first kappa shape index (κ1) is 66.9. The Balaban J connectivity index is 2.73. The van der Waals surface area contributed by atoms with Crippen LogP contribution < -0.4 is 0 Å². The normalized spacial score (nSPS) is 18.9. The van der Waals surface area contributed by atoms with Gasteiger partial charge in [-0.05, 0) is 89.9 Å². The molecule has 1 rings (SSSR count). The first-order chi connectivity index (χ1) is 35.6. The number of aliphatic carboxylic acids is 1. The van der Waals surface area contributed by atoms with E-state index in [-0.39, 0.29) is 25.9 Å². The van der Waals surface area contributed by atoms with E-state index in [4.69, 9.17) is 23.7 Å². The average molecular weight is 1030 g/mol. The lowest BCUT2D eigenvalue weighted by Crippen LogP contribution is -2.61. The quantitative estimate of drug-likeness (QED) is 0.0228. The minimum atomic E-state index is -1.92. The van der Waals surface area contributed by atoms with Crippen molar-refractivity contribution in [2.45, 2.75) is 263 Å². The van der Waals surface area contributed by atoms with Crippen LogP contribution in [0.15, 0.2) is 85.1 Å². The minimum Gasteiger partial charge on any atom is -0.479 e. The Morgan fingerprint density at radius 2 is 0.863 bits per heavy atom. The van der Waals surface area contributed by atoms with Gasteiger partial charge in [0.1, 0.15) is 18.8 Å². The molecule has 0 amide bonds. The van der Waals surface area contributed by atoms with E-state index in [1.165, 1.54) is 57.8 Å². The van der Waals surface area contributed by atoms with Gasteiger partial charge < -0.3 is 39.0 Å². The van der Waals surface area contributed by atoms with E-state index in [0.29, 0.717) is 19.3 Å². The van der Waals surface area contributed by atoms with E-state index in [2.05, 4.69) is 106 Å². The number of hydrogen-bond donors (Lipinski definition) is 3. The number of aliphatic hydroxyl groups is 2. The molecular weight excluding hydrogens is 925 g/mol. The second-order valence-corrected chi connectivity index (χ2v) is 19.2. The highest BCUT2D eigenvalue weighted by molar-refractivity contribution is 5.74. The fraction of sp³-hybridized carbons (Fsp3) is 0.705. The van der Waals surface area contributed by atoms with Crippen molar-refractivity contribution in [3.63, 3.8) is 0 Å². The van der Waals surface area contributed by atoms with Gasteiger partial charge in [0.25, 0.3) is 0 Å². The fourth-order valence-electron chi connectivity index (χ4n) is 8.14. The molecule has 1 aliphatic rings. The second kappa shape index (κ2) is 48.8. The largest absolute Gasteiger partial charge is 0.479 e. The lowest BCUT2D eigenvalue weighted by atomic mass is 9.98. The zero-order chi connectivity index (χ0) is 53.3. The van der Waals surface area contributed by atoms with Crippen LogP contribution >= 0.6 is 0 Å². The third-order valence-electron chi connectivity index (χ3n) is 12.5. The van der Waals surface area contributed by atoms with Crippen LogP contribution in [0.25, 0.3) is 0 Å². The highest BCUT2D eigenvalue weighted by atomic mass is 16.7. The molecule has 12 nitrogen and oxygen atoms in total. The first-order valence-electron chi connectivity index (χ1n) is 28.6. The van der Waals surface area contributed by atoms with Crippen molar-refractivity contribution in [3.05, 3.63) is 85.1 Å². The predicted octanol–water partition coefficient (Wildman–Crippen LogP) is 14.3. The molecule has 0 saturated carbocycles. The van der Waals surface area contributed by atoms with Gasteiger partial charge in [-0.25, -0.2) is 4.79 Å². The van der Waals surface area contributed by atoms with Crippen molar-refractivity contribution in [2.75, 3.05) is 13.2 Å². The fourth-order valence-corrected chi connectivity index (χ4v) is 8.14. The van der Waals surface area contributed by atoms with Crippen LogP contribution in [0, 0.1) is 0 Å². The van der Waals surface area contributed by atoms with Crippen molar-refractivity contribution in [3.8, 4) is 0 Å². The minimum absolute atomic E-state index is 0.0273. The van der Waals surface area contributed by atoms with Crippen molar-refractivity contribution in [1.82, 2.24) is 0 Å². The molecule has 0 aromatic rings. The number of carbonyl (C=O) groups excluding carboxylic acids is 3. The van der Waals surface area contributed by atoms with E-state index in [0.717, 1.165) is 109 Å². The molecule has 73 heavy (non-hydrogen) atoms. The molecule has 0 aliphatic carbocycles. The van der Waals surface area contributed by atoms with Crippen LogP contribution in [0.4, 0.5) is 0 Å². The molecule has 1 heterocycles. The van der Waals surface area contributed by atoms with E-state index in [1.807, 2.05) is 0 Å². The van der Waals surface area contributed by atoms with Gasteiger partial charge in [-0.3, -0.25) is 14.4 Å². The summed E-state index contributed by atoms with van der Waals surface area (Å²) in [6.45, 7) is 5.72. The molecule has 6 unspecified atom stereocenters. The first-order valence-corrected chi connectivity index (χ1v) is 28.6. The van der Waals surface area contributed by atoms with Crippen LogP contribution in [0.1, 0.15) is 226 Å². The van der Waals surface area contributed by atoms with Gasteiger partial charge in [-0.2, -0.15) is 0 Å². The van der Waals surface area contributed by atoms with Crippen LogP contribution in [0.2, 0.25) is 0 Å². The van der Waals surface area contributed by atoms with Gasteiger partial charge >= 0.3 is 23.9 Å². The molecule has 0 aromatic carbocycles. The zero-order valence-corrected chi connectivity index (χ0v) is 45.6. The number of unbranched alkanes of at least 4 members (excludes halogenated alkanes) is 19. The summed E-state index contributed by atoms with van der Waals surface area (Å²) in [7, 11) is 0. The molecule has 1 fully saturated rings. The summed E-state index contributed by atoms with van der Waals surface area (Å²) in [5.41, 5.74) is 0. The summed E-state index contributed by atoms with van der Waals surface area (Å²) in [6, 6.07) is 0. The molecule has 6 atom stereocenters. The second-order valence-electron chi connectivity index (χ2n) is 19.2. The number of esters is 3. The maximum Gasteiger partial charge on any atom is 0.335 e. The lowest BCUT2D eigenvalue weighted by Gasteiger charge is -2.40. The Morgan fingerprint density at radius 3 is 1.33 bits per heavy atom. The smallest absolute Gasteiger partial charge is 0.335 e. The Morgan fingerprint density at radius 1 is 0.466 bits per heavy atom. The van der Waals surface area contributed by atoms with Crippen molar-refractivity contribution < 1.29 is 58.2 Å². The van der Waals surface area contributed by atoms with Gasteiger partial charge in [-0.1, -0.05) is 202 Å². The summed E-state index contributed by atoms with van der Waals surface area (Å²) in [4.78, 5) is 51.0. The zero-order valence-electron chi connectivity index (χ0n) is 45.6. The molecule has 0 radical (unpaired) electrons. The van der Waals surface area contributed by atoms with Crippen molar-refractivity contribution >= 4 is 23.9 Å². The van der Waals surface area contributed by atoms with Gasteiger partial charge in [0.15, 0.2) is 24.6 Å². The number of ether oxygens (including phenoxy) is 5. The van der Waals surface area contributed by atoms with E-state index >= 15 is 0 Å². The number of allylic oxidation sites excluding steroid dienone is 14. The summed E-state index contributed by atoms with van der Waals surface area (Å²) in [5, 5.41) is 31.4. The van der Waals surface area contributed by atoms with Gasteiger partial charge in [0.2, 0.25) is 0 Å². The van der Waals surface area contributed by atoms with Crippen LogP contribution in [-0.2, 0) is 42.9 Å². The highest BCUT2D eigenvalue weighted by Crippen LogP contribution is 2.26. The molecule has 0 bridgehead atoms. The number of rotatable bonds is 47. The van der Waals surface area contributed by atoms with Gasteiger partial charge in [0.05, 0.1) is 6.61 Å². The third kappa shape index (κ3) is 39.0. The Kier molecular flexibility index (Phi) is 44.7. The van der Waals surface area contributed by atoms with Crippen LogP contribution in [-0.4, -0.2) is 89.2 Å². The SMILES string of the molecule is CC/C=C\C/C=C\C/C=C\C/C=C\CCCCCCC(=O)OC1C(OCC(COC(=O)CCCCC/C=C\C/C=C\C/C=C\CC)OC(=O)CCCCCCCCCCCCCCC)OC(C(=O)O)C(O)C1O. The molecule has 1 saturated heterocycles. The number of carbonyl (C=O) groups is 4. The van der Waals surface area contributed by atoms with Gasteiger partial charge in [0, 0.05) is 19.3 Å². The van der Waals surface area contributed by atoms with Crippen LogP contribution in [0.5, 0.6) is 0 Å². The third-order valence-corrected chi connectivity index (χ3v) is 12.5. The summed E-state index contributed by atoms with van der Waals surface area (Å²) in [5.74, 6) is -3.19. The van der Waals surface area contributed by atoms with E-state index in [1.54, 1.807) is 0 Å². The van der Waals surface area contributed by atoms with E-state index in [9.17, 15) is 34.5 Å². The topological polar surface area (TPSA) is 175 Å². The standard InChI is InChI=1S/C61H100O12/c1-4-7-10-13-16-19-22-25-26-27-28-31-34-37-40-43-46-49-55(64)72-59-57(66)56(65)58(60(67)68)73-61(59)70-51-52(71-54(63)48-45-42-39-36-33-30-24-21-18-15-12-9-6-3)50-69-53(62)47-44-41-38-35-32-29-23-20-17-14-11-8-5-2/h7-8,10-11,16-17,19-20,25-26,28-29,31-32,52,56-59,61,65-66H,4-6,9,12-15,18,21-24,27,30,33-51H2,1-3H3,(H,67,68)/b10-7-,11-8-,19-16-,20-17-,26-25-,31-28-,32-29-. The highest BCUT2D eigenvalue weighted by Gasteiger charge is 2.50.